The molecule has 0 radical (unpaired) electrons. The van der Waals surface area contributed by atoms with Gasteiger partial charge >= 0.3 is 0 Å². The Balaban J connectivity index is 1.51. The van der Waals surface area contributed by atoms with Crippen molar-refractivity contribution in [2.24, 2.45) is 0 Å². The fourth-order valence-electron chi connectivity index (χ4n) is 3.68. The van der Waals surface area contributed by atoms with Crippen molar-refractivity contribution >= 4 is 5.91 Å². The van der Waals surface area contributed by atoms with Crippen molar-refractivity contribution in [3.63, 3.8) is 0 Å². The van der Waals surface area contributed by atoms with Gasteiger partial charge in [0.1, 0.15) is 11.9 Å². The Kier molecular flexibility index (Phi) is 5.04. The van der Waals surface area contributed by atoms with E-state index in [1.807, 2.05) is 31.2 Å². The van der Waals surface area contributed by atoms with E-state index in [0.29, 0.717) is 38.1 Å². The third-order valence-electron chi connectivity index (χ3n) is 5.32. The van der Waals surface area contributed by atoms with Crippen molar-refractivity contribution in [1.29, 1.82) is 0 Å². The highest BCUT2D eigenvalue weighted by Crippen LogP contribution is 2.39. The number of aryl methyl sites for hydroxylation is 1. The quantitative estimate of drug-likeness (QED) is 0.859. The first-order chi connectivity index (χ1) is 11.8. The molecule has 2 N–H and O–H groups in total. The van der Waals surface area contributed by atoms with E-state index in [2.05, 4.69) is 0 Å². The van der Waals surface area contributed by atoms with Crippen molar-refractivity contribution in [2.75, 3.05) is 26.3 Å². The molecule has 3 rings (SSSR count). The third-order valence-corrected chi connectivity index (χ3v) is 5.32. The second kappa shape index (κ2) is 6.94. The van der Waals surface area contributed by atoms with Crippen LogP contribution in [0, 0.1) is 6.92 Å². The Morgan fingerprint density at radius 2 is 2.12 bits per heavy atom. The zero-order valence-corrected chi connectivity index (χ0v) is 14.9. The number of piperidine rings is 1. The van der Waals surface area contributed by atoms with Crippen LogP contribution in [0.3, 0.4) is 0 Å². The van der Waals surface area contributed by atoms with Gasteiger partial charge < -0.3 is 24.6 Å². The topological polar surface area (TPSA) is 79.2 Å². The number of benzene rings is 1. The van der Waals surface area contributed by atoms with Crippen LogP contribution in [0.15, 0.2) is 24.3 Å². The summed E-state index contributed by atoms with van der Waals surface area (Å²) in [5.74, 6) is 0.654. The number of carbonyl (C=O) groups excluding carboxylic acids is 1. The maximum atomic E-state index is 12.4. The Hall–Kier alpha value is -1.63. The predicted octanol–water partition coefficient (Wildman–Crippen LogP) is 1.27. The van der Waals surface area contributed by atoms with E-state index in [-0.39, 0.29) is 19.1 Å². The molecule has 2 fully saturated rings. The molecule has 25 heavy (non-hydrogen) atoms. The van der Waals surface area contributed by atoms with Gasteiger partial charge in [-0.05, 0) is 44.4 Å². The summed E-state index contributed by atoms with van der Waals surface area (Å²) in [6, 6.07) is 7.63. The summed E-state index contributed by atoms with van der Waals surface area (Å²) >= 11 is 0. The Labute approximate surface area is 148 Å². The monoisotopic (exact) mass is 349 g/mol. The lowest BCUT2D eigenvalue weighted by molar-refractivity contribution is -0.222. The number of nitrogens with zero attached hydrogens (tertiary/aromatic N) is 1. The number of aliphatic hydroxyl groups excluding tert-OH is 1. The third kappa shape index (κ3) is 4.14. The molecule has 1 aromatic rings. The molecular formula is C19H27NO5. The summed E-state index contributed by atoms with van der Waals surface area (Å²) in [5.41, 5.74) is -0.496. The summed E-state index contributed by atoms with van der Waals surface area (Å²) in [5, 5.41) is 20.2. The van der Waals surface area contributed by atoms with Gasteiger partial charge in [0.15, 0.2) is 6.61 Å². The molecule has 0 aromatic heterocycles. The molecule has 0 bridgehead atoms. The molecule has 2 aliphatic rings. The summed E-state index contributed by atoms with van der Waals surface area (Å²) in [6.07, 6.45) is 0.849. The van der Waals surface area contributed by atoms with Crippen LogP contribution in [0.4, 0.5) is 0 Å². The van der Waals surface area contributed by atoms with Gasteiger partial charge in [0, 0.05) is 19.5 Å². The van der Waals surface area contributed by atoms with Gasteiger partial charge in [0.25, 0.3) is 5.91 Å². The van der Waals surface area contributed by atoms with E-state index in [0.717, 1.165) is 5.56 Å². The maximum absolute atomic E-state index is 12.4. The van der Waals surface area contributed by atoms with Crippen LogP contribution < -0.4 is 4.74 Å². The number of likely N-dealkylation sites (tertiary alicyclic amines) is 1. The van der Waals surface area contributed by atoms with Crippen molar-refractivity contribution < 1.29 is 24.5 Å². The Bertz CT molecular complexity index is 622. The van der Waals surface area contributed by atoms with E-state index < -0.39 is 17.3 Å². The fourth-order valence-corrected chi connectivity index (χ4v) is 3.68. The van der Waals surface area contributed by atoms with Gasteiger partial charge in [-0.2, -0.15) is 0 Å². The average molecular weight is 349 g/mol. The highest BCUT2D eigenvalue weighted by atomic mass is 16.5. The molecule has 0 unspecified atom stereocenters. The number of carbonyl (C=O) groups is 1. The lowest BCUT2D eigenvalue weighted by Crippen LogP contribution is -2.59. The number of hydrogen-bond donors (Lipinski definition) is 2. The van der Waals surface area contributed by atoms with E-state index >= 15 is 0 Å². The number of aliphatic hydroxyl groups is 2. The first kappa shape index (κ1) is 18.2. The second-order valence-electron chi connectivity index (χ2n) is 7.53. The van der Waals surface area contributed by atoms with Crippen molar-refractivity contribution in [2.45, 2.75) is 50.4 Å². The highest BCUT2D eigenvalue weighted by Gasteiger charge is 2.48. The van der Waals surface area contributed by atoms with E-state index in [1.54, 1.807) is 11.8 Å². The van der Waals surface area contributed by atoms with Gasteiger partial charge in [-0.3, -0.25) is 4.79 Å². The van der Waals surface area contributed by atoms with Crippen molar-refractivity contribution in [1.82, 2.24) is 4.90 Å². The first-order valence-corrected chi connectivity index (χ1v) is 8.81. The number of rotatable bonds is 3. The minimum atomic E-state index is -1.14. The second-order valence-corrected chi connectivity index (χ2v) is 7.53. The molecule has 2 aliphatic heterocycles. The molecular weight excluding hydrogens is 322 g/mol. The van der Waals surface area contributed by atoms with Crippen LogP contribution in [-0.2, 0) is 9.53 Å². The summed E-state index contributed by atoms with van der Waals surface area (Å²) in [6.45, 7) is 4.93. The maximum Gasteiger partial charge on any atom is 0.260 e. The number of amides is 1. The van der Waals surface area contributed by atoms with Gasteiger partial charge in [-0.15, -0.1) is 0 Å². The molecule has 138 valence electrons. The molecule has 6 heteroatoms. The largest absolute Gasteiger partial charge is 0.484 e. The molecule has 1 spiro atoms. The van der Waals surface area contributed by atoms with E-state index in [9.17, 15) is 15.0 Å². The summed E-state index contributed by atoms with van der Waals surface area (Å²) in [4.78, 5) is 14.2. The fraction of sp³-hybridized carbons (Fsp3) is 0.632. The zero-order valence-electron chi connectivity index (χ0n) is 14.9. The lowest BCUT2D eigenvalue weighted by atomic mass is 9.76. The zero-order chi connectivity index (χ0) is 18.1. The first-order valence-electron chi connectivity index (χ1n) is 8.81. The van der Waals surface area contributed by atoms with Crippen LogP contribution in [0.2, 0.25) is 0 Å². The van der Waals surface area contributed by atoms with Crippen LogP contribution in [0.25, 0.3) is 0 Å². The average Bonchev–Trinajstić information content (AvgIpc) is 2.57. The predicted molar refractivity (Wildman–Crippen MR) is 92.4 cm³/mol. The molecule has 2 saturated heterocycles. The van der Waals surface area contributed by atoms with E-state index in [4.69, 9.17) is 9.47 Å². The Morgan fingerprint density at radius 3 is 2.76 bits per heavy atom. The van der Waals surface area contributed by atoms with E-state index in [1.165, 1.54) is 0 Å². The van der Waals surface area contributed by atoms with Gasteiger partial charge in [-0.25, -0.2) is 0 Å². The summed E-state index contributed by atoms with van der Waals surface area (Å²) < 4.78 is 11.4. The molecule has 0 aliphatic carbocycles. The molecule has 0 saturated carbocycles. The molecule has 2 atom stereocenters. The van der Waals surface area contributed by atoms with Crippen molar-refractivity contribution in [3.8, 4) is 5.75 Å². The van der Waals surface area contributed by atoms with Crippen LogP contribution in [0.1, 0.15) is 31.7 Å². The van der Waals surface area contributed by atoms with Crippen LogP contribution in [-0.4, -0.2) is 64.6 Å². The van der Waals surface area contributed by atoms with Crippen LogP contribution >= 0.6 is 0 Å². The smallest absolute Gasteiger partial charge is 0.260 e. The lowest BCUT2D eigenvalue weighted by Gasteiger charge is -2.49. The molecule has 2 heterocycles. The Morgan fingerprint density at radius 1 is 1.40 bits per heavy atom. The van der Waals surface area contributed by atoms with Gasteiger partial charge in [0.2, 0.25) is 0 Å². The SMILES string of the molecule is Cc1cccc(OCC(=O)N2CCC3(CC2)C[C@](C)(O)[C@@H](O)CO3)c1. The van der Waals surface area contributed by atoms with Crippen LogP contribution in [0.5, 0.6) is 5.75 Å². The molecule has 1 amide bonds. The summed E-state index contributed by atoms with van der Waals surface area (Å²) in [7, 11) is 0. The van der Waals surface area contributed by atoms with Gasteiger partial charge in [-0.1, -0.05) is 12.1 Å². The molecule has 1 aromatic carbocycles. The van der Waals surface area contributed by atoms with Gasteiger partial charge in [0.05, 0.1) is 17.8 Å². The normalized spacial score (nSPS) is 28.8. The molecule has 6 nitrogen and oxygen atoms in total. The number of hydrogen-bond acceptors (Lipinski definition) is 5. The minimum Gasteiger partial charge on any atom is -0.484 e. The number of ether oxygens (including phenoxy) is 2. The minimum absolute atomic E-state index is 0.0216. The van der Waals surface area contributed by atoms with Crippen molar-refractivity contribution in [3.05, 3.63) is 29.8 Å². The highest BCUT2D eigenvalue weighted by molar-refractivity contribution is 5.77. The standard InChI is InChI=1S/C19H27NO5/c1-14-4-3-5-15(10-14)24-12-17(22)20-8-6-19(7-9-20)13-18(2,23)16(21)11-25-19/h3-5,10,16,21,23H,6-9,11-13H2,1-2H3/t16-,18-/m0/s1.